The molecule has 0 aliphatic carbocycles. The normalized spacial score (nSPS) is 10.8. The summed E-state index contributed by atoms with van der Waals surface area (Å²) in [6.07, 6.45) is 3.24. The van der Waals surface area contributed by atoms with Gasteiger partial charge in [0.25, 0.3) is 5.91 Å². The number of fused-ring (bicyclic) bond motifs is 1. The maximum atomic E-state index is 12.4. The highest BCUT2D eigenvalue weighted by molar-refractivity contribution is 6.42. The molecule has 2 aromatic heterocycles. The molecular weight excluding hydrogens is 391 g/mol. The summed E-state index contributed by atoms with van der Waals surface area (Å²) in [4.78, 5) is 30.2. The predicted octanol–water partition coefficient (Wildman–Crippen LogP) is 3.16. The Morgan fingerprint density at radius 1 is 1.26 bits per heavy atom. The number of likely N-dealkylation sites (N-methyl/N-ethyl adjacent to an activating group) is 1. The quantitative estimate of drug-likeness (QED) is 0.608. The van der Waals surface area contributed by atoms with Crippen molar-refractivity contribution in [2.24, 2.45) is 0 Å². The van der Waals surface area contributed by atoms with Gasteiger partial charge in [-0.15, -0.1) is 0 Å². The van der Waals surface area contributed by atoms with Crippen LogP contribution in [0.3, 0.4) is 0 Å². The zero-order valence-electron chi connectivity index (χ0n) is 14.6. The lowest BCUT2D eigenvalue weighted by molar-refractivity contribution is -0.133. The Kier molecular flexibility index (Phi) is 5.62. The van der Waals surface area contributed by atoms with Gasteiger partial charge in [-0.2, -0.15) is 5.10 Å². The summed E-state index contributed by atoms with van der Waals surface area (Å²) in [5.74, 6) is -0.992. The molecule has 0 aliphatic rings. The van der Waals surface area contributed by atoms with Gasteiger partial charge in [-0.3, -0.25) is 4.79 Å². The summed E-state index contributed by atoms with van der Waals surface area (Å²) in [7, 11) is 1.61. The van der Waals surface area contributed by atoms with Crippen molar-refractivity contribution in [1.29, 1.82) is 0 Å². The van der Waals surface area contributed by atoms with Gasteiger partial charge in [0.2, 0.25) is 0 Å². The van der Waals surface area contributed by atoms with Crippen LogP contribution in [0, 0.1) is 6.92 Å². The molecule has 0 saturated heterocycles. The molecule has 3 rings (SSSR count). The van der Waals surface area contributed by atoms with E-state index in [1.165, 1.54) is 9.42 Å². The summed E-state index contributed by atoms with van der Waals surface area (Å²) in [5.41, 5.74) is 1.93. The molecule has 0 spiro atoms. The van der Waals surface area contributed by atoms with E-state index in [0.29, 0.717) is 27.9 Å². The number of nitrogens with zero attached hydrogens (tertiary/aromatic N) is 4. The number of benzene rings is 1. The molecule has 0 radical (unpaired) electrons. The number of esters is 1. The molecule has 0 saturated carbocycles. The van der Waals surface area contributed by atoms with Crippen LogP contribution in [0.25, 0.3) is 5.65 Å². The second kappa shape index (κ2) is 7.94. The number of halogens is 2. The molecule has 0 atom stereocenters. The fourth-order valence-electron chi connectivity index (χ4n) is 2.55. The van der Waals surface area contributed by atoms with Crippen molar-refractivity contribution in [2.45, 2.75) is 13.5 Å². The largest absolute Gasteiger partial charge is 0.452 e. The number of carbonyl (C=O) groups excluding carboxylic acids is 2. The molecule has 0 aliphatic heterocycles. The molecule has 9 heteroatoms. The van der Waals surface area contributed by atoms with Crippen molar-refractivity contribution in [3.05, 3.63) is 63.5 Å². The molecule has 27 heavy (non-hydrogen) atoms. The van der Waals surface area contributed by atoms with Gasteiger partial charge in [-0.1, -0.05) is 29.3 Å². The molecule has 1 amide bonds. The lowest BCUT2D eigenvalue weighted by Gasteiger charge is -2.17. The van der Waals surface area contributed by atoms with E-state index < -0.39 is 5.97 Å². The molecule has 3 aromatic rings. The van der Waals surface area contributed by atoms with E-state index in [1.807, 2.05) is 0 Å². The molecule has 140 valence electrons. The second-order valence-corrected chi connectivity index (χ2v) is 6.74. The average molecular weight is 407 g/mol. The van der Waals surface area contributed by atoms with Crippen molar-refractivity contribution in [3.63, 3.8) is 0 Å². The van der Waals surface area contributed by atoms with Crippen LogP contribution < -0.4 is 0 Å². The van der Waals surface area contributed by atoms with Gasteiger partial charge in [0.1, 0.15) is 5.56 Å². The smallest absolute Gasteiger partial charge is 0.344 e. The van der Waals surface area contributed by atoms with Crippen LogP contribution >= 0.6 is 23.2 Å². The Labute approximate surface area is 165 Å². The minimum atomic E-state index is -0.641. The number of ether oxygens (including phenoxy) is 1. The third kappa shape index (κ3) is 4.20. The van der Waals surface area contributed by atoms with Crippen LogP contribution in [0.15, 0.2) is 36.7 Å². The molecule has 1 aromatic carbocycles. The molecule has 2 heterocycles. The minimum Gasteiger partial charge on any atom is -0.452 e. The second-order valence-electron chi connectivity index (χ2n) is 5.92. The Morgan fingerprint density at radius 3 is 2.78 bits per heavy atom. The zero-order valence-corrected chi connectivity index (χ0v) is 16.2. The van der Waals surface area contributed by atoms with E-state index in [2.05, 4.69) is 10.1 Å². The van der Waals surface area contributed by atoms with Crippen LogP contribution in [0.5, 0.6) is 0 Å². The van der Waals surface area contributed by atoms with E-state index in [9.17, 15) is 9.59 Å². The van der Waals surface area contributed by atoms with Crippen LogP contribution in [-0.2, 0) is 16.1 Å². The van der Waals surface area contributed by atoms with Crippen LogP contribution in [-0.4, -0.2) is 45.0 Å². The summed E-state index contributed by atoms with van der Waals surface area (Å²) in [6, 6.07) is 6.83. The van der Waals surface area contributed by atoms with E-state index in [4.69, 9.17) is 27.9 Å². The predicted molar refractivity (Wildman–Crippen MR) is 101 cm³/mol. The van der Waals surface area contributed by atoms with Crippen molar-refractivity contribution < 1.29 is 14.3 Å². The minimum absolute atomic E-state index is 0.246. The fourth-order valence-corrected chi connectivity index (χ4v) is 2.87. The van der Waals surface area contributed by atoms with Gasteiger partial charge in [0.15, 0.2) is 12.3 Å². The standard InChI is InChI=1S/C18H16Cl2N4O3/c1-11-16(17-21-6-3-7-24(17)22-11)18(26)27-10-15(25)23(2)9-12-4-5-13(19)14(20)8-12/h3-8H,9-10H2,1-2H3. The van der Waals surface area contributed by atoms with Crippen molar-refractivity contribution >= 4 is 40.7 Å². The Hall–Kier alpha value is -2.64. The lowest BCUT2D eigenvalue weighted by Crippen LogP contribution is -2.30. The summed E-state index contributed by atoms with van der Waals surface area (Å²) < 4.78 is 6.66. The van der Waals surface area contributed by atoms with Gasteiger partial charge in [0.05, 0.1) is 15.7 Å². The first kappa shape index (κ1) is 19.1. The van der Waals surface area contributed by atoms with Gasteiger partial charge in [-0.25, -0.2) is 14.3 Å². The number of amides is 1. The number of hydrogen-bond donors (Lipinski definition) is 0. The Morgan fingerprint density at radius 2 is 2.04 bits per heavy atom. The molecule has 0 bridgehead atoms. The van der Waals surface area contributed by atoms with E-state index in [1.54, 1.807) is 50.6 Å². The maximum Gasteiger partial charge on any atom is 0.344 e. The highest BCUT2D eigenvalue weighted by atomic mass is 35.5. The van der Waals surface area contributed by atoms with Gasteiger partial charge in [-0.05, 0) is 30.7 Å². The number of rotatable bonds is 5. The fraction of sp³-hybridized carbons (Fsp3) is 0.222. The SMILES string of the molecule is Cc1nn2cccnc2c1C(=O)OCC(=O)N(C)Cc1ccc(Cl)c(Cl)c1. The first-order valence-corrected chi connectivity index (χ1v) is 8.77. The third-order valence-electron chi connectivity index (χ3n) is 3.93. The molecule has 0 fully saturated rings. The number of aryl methyl sites for hydroxylation is 1. The van der Waals surface area contributed by atoms with Gasteiger partial charge >= 0.3 is 5.97 Å². The van der Waals surface area contributed by atoms with Crippen LogP contribution in [0.1, 0.15) is 21.6 Å². The lowest BCUT2D eigenvalue weighted by atomic mass is 10.2. The first-order valence-electron chi connectivity index (χ1n) is 8.02. The summed E-state index contributed by atoms with van der Waals surface area (Å²) in [6.45, 7) is 1.61. The van der Waals surface area contributed by atoms with Crippen LogP contribution in [0.4, 0.5) is 0 Å². The van der Waals surface area contributed by atoms with Gasteiger partial charge in [0, 0.05) is 26.0 Å². The highest BCUT2D eigenvalue weighted by Crippen LogP contribution is 2.23. The average Bonchev–Trinajstić information content (AvgIpc) is 2.98. The number of hydrogen-bond acceptors (Lipinski definition) is 5. The topological polar surface area (TPSA) is 76.8 Å². The molecular formula is C18H16Cl2N4O3. The Balaban J connectivity index is 1.63. The Bertz CT molecular complexity index is 1020. The maximum absolute atomic E-state index is 12.4. The summed E-state index contributed by atoms with van der Waals surface area (Å²) >= 11 is 11.9. The van der Waals surface area contributed by atoms with E-state index >= 15 is 0 Å². The molecule has 0 unspecified atom stereocenters. The van der Waals surface area contributed by atoms with E-state index in [0.717, 1.165) is 5.56 Å². The van der Waals surface area contributed by atoms with E-state index in [-0.39, 0.29) is 18.1 Å². The van der Waals surface area contributed by atoms with Crippen molar-refractivity contribution in [2.75, 3.05) is 13.7 Å². The van der Waals surface area contributed by atoms with Gasteiger partial charge < -0.3 is 9.64 Å². The monoisotopic (exact) mass is 406 g/mol. The summed E-state index contributed by atoms with van der Waals surface area (Å²) in [5, 5.41) is 5.06. The van der Waals surface area contributed by atoms with Crippen LogP contribution in [0.2, 0.25) is 10.0 Å². The number of aromatic nitrogens is 3. The zero-order chi connectivity index (χ0) is 19.6. The van der Waals surface area contributed by atoms with Crippen molar-refractivity contribution in [1.82, 2.24) is 19.5 Å². The molecule has 7 nitrogen and oxygen atoms in total. The highest BCUT2D eigenvalue weighted by Gasteiger charge is 2.21. The van der Waals surface area contributed by atoms with Crippen molar-refractivity contribution in [3.8, 4) is 0 Å². The molecule has 0 N–H and O–H groups in total. The number of carbonyl (C=O) groups is 2. The third-order valence-corrected chi connectivity index (χ3v) is 4.67. The first-order chi connectivity index (χ1) is 12.9.